The van der Waals surface area contributed by atoms with Crippen molar-refractivity contribution in [2.24, 2.45) is 0 Å². The molecule has 0 aliphatic carbocycles. The van der Waals surface area contributed by atoms with Crippen LogP contribution in [-0.4, -0.2) is 19.9 Å². The first-order valence-electron chi connectivity index (χ1n) is 10.6. The quantitative estimate of drug-likeness (QED) is 0.412. The molecule has 1 N–H and O–H groups in total. The van der Waals surface area contributed by atoms with E-state index in [1.807, 2.05) is 58.0 Å². The van der Waals surface area contributed by atoms with Gasteiger partial charge in [0.15, 0.2) is 0 Å². The first kappa shape index (κ1) is 21.4. The van der Waals surface area contributed by atoms with E-state index in [-0.39, 0.29) is 0 Å². The highest BCUT2D eigenvalue weighted by atomic mass is 16.5. The number of aryl methyl sites for hydroxylation is 5. The fraction of sp³-hybridized carbons (Fsp3) is 0.231. The van der Waals surface area contributed by atoms with Gasteiger partial charge in [0.1, 0.15) is 17.4 Å². The van der Waals surface area contributed by atoms with Gasteiger partial charge in [-0.25, -0.2) is 19.9 Å². The van der Waals surface area contributed by atoms with Gasteiger partial charge in [-0.3, -0.25) is 0 Å². The van der Waals surface area contributed by atoms with Gasteiger partial charge in [0.2, 0.25) is 0 Å². The highest BCUT2D eigenvalue weighted by molar-refractivity contribution is 5.62. The maximum absolute atomic E-state index is 5.91. The van der Waals surface area contributed by atoms with Gasteiger partial charge in [0.25, 0.3) is 0 Å². The van der Waals surface area contributed by atoms with Gasteiger partial charge in [-0.05, 0) is 58.4 Å². The third-order valence-corrected chi connectivity index (χ3v) is 5.09. The predicted molar refractivity (Wildman–Crippen MR) is 127 cm³/mol. The van der Waals surface area contributed by atoms with E-state index >= 15 is 0 Å². The Kier molecular flexibility index (Phi) is 6.12. The molecule has 0 fully saturated rings. The fourth-order valence-electron chi connectivity index (χ4n) is 3.58. The molecule has 0 atom stereocenters. The van der Waals surface area contributed by atoms with Crippen LogP contribution < -0.4 is 10.1 Å². The summed E-state index contributed by atoms with van der Waals surface area (Å²) in [5, 5.41) is 3.46. The highest BCUT2D eigenvalue weighted by Crippen LogP contribution is 2.27. The lowest BCUT2D eigenvalue weighted by Gasteiger charge is -2.15. The van der Waals surface area contributed by atoms with Crippen molar-refractivity contribution in [3.05, 3.63) is 94.2 Å². The molecule has 0 saturated carbocycles. The molecule has 0 saturated heterocycles. The summed E-state index contributed by atoms with van der Waals surface area (Å²) in [6.45, 7) is 9.88. The van der Waals surface area contributed by atoms with Crippen LogP contribution in [0.3, 0.4) is 0 Å². The first-order valence-corrected chi connectivity index (χ1v) is 10.6. The van der Waals surface area contributed by atoms with Crippen molar-refractivity contribution in [3.63, 3.8) is 0 Å². The lowest BCUT2D eigenvalue weighted by atomic mass is 10.0. The van der Waals surface area contributed by atoms with Crippen LogP contribution in [0.1, 0.15) is 39.6 Å². The Morgan fingerprint density at radius 3 is 2.22 bits per heavy atom. The Morgan fingerprint density at radius 2 is 1.50 bits per heavy atom. The largest absolute Gasteiger partial charge is 0.424 e. The molecule has 2 heterocycles. The van der Waals surface area contributed by atoms with Crippen LogP contribution in [0, 0.1) is 34.6 Å². The van der Waals surface area contributed by atoms with Crippen molar-refractivity contribution in [1.29, 1.82) is 0 Å². The molecule has 0 bridgehead atoms. The van der Waals surface area contributed by atoms with Gasteiger partial charge >= 0.3 is 6.01 Å². The van der Waals surface area contributed by atoms with Crippen LogP contribution in [0.5, 0.6) is 11.8 Å². The molecule has 0 radical (unpaired) electrons. The van der Waals surface area contributed by atoms with Crippen LogP contribution in [0.15, 0.2) is 54.6 Å². The Bertz CT molecular complexity index is 1230. The number of hydrogen-bond acceptors (Lipinski definition) is 6. The average molecular weight is 426 g/mol. The molecule has 6 heteroatoms. The Labute approximate surface area is 188 Å². The number of nitrogens with one attached hydrogen (secondary N) is 1. The smallest absolute Gasteiger partial charge is 0.322 e. The van der Waals surface area contributed by atoms with Crippen LogP contribution in [0.4, 0.5) is 11.5 Å². The van der Waals surface area contributed by atoms with Crippen LogP contribution in [-0.2, 0) is 6.42 Å². The van der Waals surface area contributed by atoms with Crippen molar-refractivity contribution in [1.82, 2.24) is 19.9 Å². The first-order chi connectivity index (χ1) is 15.4. The Balaban J connectivity index is 1.61. The normalized spacial score (nSPS) is 10.8. The molecule has 6 nitrogen and oxygen atoms in total. The third-order valence-electron chi connectivity index (χ3n) is 5.09. The number of anilines is 2. The fourth-order valence-corrected chi connectivity index (χ4v) is 3.58. The molecule has 2 aromatic heterocycles. The number of rotatable bonds is 6. The minimum atomic E-state index is 0.341. The second-order valence-electron chi connectivity index (χ2n) is 8.03. The maximum atomic E-state index is 5.91. The summed E-state index contributed by atoms with van der Waals surface area (Å²) in [4.78, 5) is 18.0. The lowest BCUT2D eigenvalue weighted by Crippen LogP contribution is -2.06. The van der Waals surface area contributed by atoms with E-state index in [0.29, 0.717) is 11.8 Å². The molecule has 2 aromatic carbocycles. The average Bonchev–Trinajstić information content (AvgIpc) is 2.71. The number of benzene rings is 2. The minimum absolute atomic E-state index is 0.341. The molecular formula is C26H27N5O. The summed E-state index contributed by atoms with van der Waals surface area (Å²) in [5.41, 5.74) is 7.12. The molecule has 0 aliphatic heterocycles. The van der Waals surface area contributed by atoms with E-state index in [9.17, 15) is 0 Å². The van der Waals surface area contributed by atoms with Crippen molar-refractivity contribution in [2.75, 3.05) is 5.32 Å². The molecule has 0 unspecified atom stereocenters. The zero-order valence-corrected chi connectivity index (χ0v) is 19.1. The van der Waals surface area contributed by atoms with Gasteiger partial charge in [-0.15, -0.1) is 0 Å². The van der Waals surface area contributed by atoms with Gasteiger partial charge in [-0.1, -0.05) is 35.9 Å². The van der Waals surface area contributed by atoms with Crippen molar-refractivity contribution in [3.8, 4) is 11.8 Å². The number of hydrogen-bond donors (Lipinski definition) is 1. The van der Waals surface area contributed by atoms with E-state index in [4.69, 9.17) is 9.72 Å². The predicted octanol–water partition coefficient (Wildman–Crippen LogP) is 5.94. The molecule has 4 aromatic rings. The second kappa shape index (κ2) is 9.14. The topological polar surface area (TPSA) is 72.8 Å². The summed E-state index contributed by atoms with van der Waals surface area (Å²) in [5.74, 6) is 2.19. The zero-order chi connectivity index (χ0) is 22.7. The summed E-state index contributed by atoms with van der Waals surface area (Å²) < 4.78 is 5.91. The van der Waals surface area contributed by atoms with E-state index in [0.717, 1.165) is 46.4 Å². The third kappa shape index (κ3) is 5.27. The summed E-state index contributed by atoms with van der Waals surface area (Å²) in [7, 11) is 0. The van der Waals surface area contributed by atoms with Crippen LogP contribution in [0.2, 0.25) is 0 Å². The molecule has 0 amide bonds. The van der Waals surface area contributed by atoms with Gasteiger partial charge in [0, 0.05) is 40.8 Å². The Morgan fingerprint density at radius 1 is 0.781 bits per heavy atom. The number of aromatic nitrogens is 4. The lowest BCUT2D eigenvalue weighted by molar-refractivity contribution is 0.439. The summed E-state index contributed by atoms with van der Waals surface area (Å²) in [6.07, 6.45) is 0.751. The van der Waals surface area contributed by atoms with E-state index in [1.165, 1.54) is 11.1 Å². The Hall–Kier alpha value is -3.80. The molecular weight excluding hydrogens is 398 g/mol. The van der Waals surface area contributed by atoms with Gasteiger partial charge < -0.3 is 10.1 Å². The summed E-state index contributed by atoms with van der Waals surface area (Å²) in [6, 6.07) is 18.5. The van der Waals surface area contributed by atoms with E-state index in [2.05, 4.69) is 51.5 Å². The molecule has 4 rings (SSSR count). The minimum Gasteiger partial charge on any atom is -0.424 e. The second-order valence-corrected chi connectivity index (χ2v) is 8.03. The van der Waals surface area contributed by atoms with Crippen molar-refractivity contribution >= 4 is 11.5 Å². The zero-order valence-electron chi connectivity index (χ0n) is 19.1. The standard InChI is InChI=1S/C26H27N5O/c1-16-9-11-21(12-10-16)14-24-19(4)29-20(5)30-25(24)31-22-7-6-8-23(15-22)32-26-27-17(2)13-18(3)28-26/h6-13,15H,14H2,1-5H3,(H,29,30,31). The number of ether oxygens (including phenoxy) is 1. The molecule has 32 heavy (non-hydrogen) atoms. The highest BCUT2D eigenvalue weighted by Gasteiger charge is 2.12. The van der Waals surface area contributed by atoms with E-state index in [1.54, 1.807) is 0 Å². The van der Waals surface area contributed by atoms with Crippen LogP contribution >= 0.6 is 0 Å². The van der Waals surface area contributed by atoms with Crippen molar-refractivity contribution in [2.45, 2.75) is 41.0 Å². The van der Waals surface area contributed by atoms with Gasteiger partial charge in [-0.2, -0.15) is 0 Å². The monoisotopic (exact) mass is 425 g/mol. The maximum Gasteiger partial charge on any atom is 0.322 e. The molecule has 0 aliphatic rings. The van der Waals surface area contributed by atoms with Crippen LogP contribution in [0.25, 0.3) is 0 Å². The molecule has 0 spiro atoms. The van der Waals surface area contributed by atoms with Crippen molar-refractivity contribution < 1.29 is 4.74 Å². The van der Waals surface area contributed by atoms with E-state index < -0.39 is 0 Å². The molecule has 162 valence electrons. The van der Waals surface area contributed by atoms with Gasteiger partial charge in [0.05, 0.1) is 0 Å². The summed E-state index contributed by atoms with van der Waals surface area (Å²) >= 11 is 0. The SMILES string of the molecule is Cc1ccc(Cc2c(C)nc(C)nc2Nc2cccc(Oc3nc(C)cc(C)n3)c2)cc1. The number of nitrogens with zero attached hydrogens (tertiary/aromatic N) is 4.